The molecule has 0 aromatic heterocycles. The molecule has 0 saturated heterocycles. The summed E-state index contributed by atoms with van der Waals surface area (Å²) in [4.78, 5) is 36.5. The third kappa shape index (κ3) is 5.22. The van der Waals surface area contributed by atoms with Crippen LogP contribution in [-0.2, 0) is 19.1 Å². The predicted octanol–water partition coefficient (Wildman–Crippen LogP) is 2.63. The van der Waals surface area contributed by atoms with Gasteiger partial charge < -0.3 is 9.47 Å². The molecule has 1 N–H and O–H groups in total. The molecule has 1 aromatic rings. The second-order valence-electron chi connectivity index (χ2n) is 4.33. The number of rotatable bonds is 6. The molecule has 1 unspecified atom stereocenters. The van der Waals surface area contributed by atoms with Gasteiger partial charge in [0.25, 0.3) is 0 Å². The first-order valence-corrected chi connectivity index (χ1v) is 6.42. The van der Waals surface area contributed by atoms with Gasteiger partial charge in [0, 0.05) is 11.8 Å². The summed E-state index contributed by atoms with van der Waals surface area (Å²) in [6, 6.07) is 4.89. The molecule has 0 fully saturated rings. The second-order valence-corrected chi connectivity index (χ2v) is 4.33. The Labute approximate surface area is 127 Å². The molecule has 116 valence electrons. The van der Waals surface area contributed by atoms with Crippen LogP contribution in [0.2, 0.25) is 0 Å². The third-order valence-corrected chi connectivity index (χ3v) is 2.64. The highest BCUT2D eigenvalue weighted by molar-refractivity contribution is 5.87. The maximum Gasteiger partial charge on any atom is 0.412 e. The van der Waals surface area contributed by atoms with E-state index in [9.17, 15) is 14.4 Å². The molecule has 0 saturated carbocycles. The molecule has 1 aromatic carbocycles. The highest BCUT2D eigenvalue weighted by Gasteiger charge is 2.13. The van der Waals surface area contributed by atoms with Gasteiger partial charge in [0.15, 0.2) is 0 Å². The summed E-state index contributed by atoms with van der Waals surface area (Å²) < 4.78 is 9.79. The van der Waals surface area contributed by atoms with Crippen LogP contribution in [0.1, 0.15) is 12.5 Å². The van der Waals surface area contributed by atoms with Gasteiger partial charge in [0.1, 0.15) is 12.7 Å². The van der Waals surface area contributed by atoms with Crippen LogP contribution in [0.5, 0.6) is 0 Å². The van der Waals surface area contributed by atoms with Crippen molar-refractivity contribution in [1.82, 2.24) is 0 Å². The van der Waals surface area contributed by atoms with Crippen molar-refractivity contribution in [3.05, 3.63) is 36.4 Å². The summed E-state index contributed by atoms with van der Waals surface area (Å²) >= 11 is 0. The Morgan fingerprint density at radius 1 is 1.50 bits per heavy atom. The Bertz CT molecular complexity index is 620. The van der Waals surface area contributed by atoms with E-state index in [1.165, 1.54) is 6.08 Å². The molecular weight excluding hydrogens is 288 g/mol. The molecule has 0 radical (unpaired) electrons. The average Bonchev–Trinajstić information content (AvgIpc) is 2.49. The van der Waals surface area contributed by atoms with E-state index in [1.54, 1.807) is 32.0 Å². The van der Waals surface area contributed by atoms with Gasteiger partial charge in [-0.2, -0.15) is 4.99 Å². The number of aliphatic imine (C=N–C) groups is 1. The smallest absolute Gasteiger partial charge is 0.412 e. The minimum atomic E-state index is -0.711. The van der Waals surface area contributed by atoms with E-state index in [0.717, 1.165) is 6.08 Å². The summed E-state index contributed by atoms with van der Waals surface area (Å²) in [6.45, 7) is 6.46. The quantitative estimate of drug-likeness (QED) is 0.377. The number of amides is 1. The first-order chi connectivity index (χ1) is 10.5. The fourth-order valence-electron chi connectivity index (χ4n) is 1.54. The van der Waals surface area contributed by atoms with Gasteiger partial charge in [0.05, 0.1) is 5.69 Å². The number of nitrogens with zero attached hydrogens (tertiary/aromatic N) is 1. The van der Waals surface area contributed by atoms with Crippen molar-refractivity contribution in [3.63, 3.8) is 0 Å². The van der Waals surface area contributed by atoms with Crippen molar-refractivity contribution in [1.29, 1.82) is 0 Å². The largest absolute Gasteiger partial charge is 0.459 e. The summed E-state index contributed by atoms with van der Waals surface area (Å²) in [6.07, 6.45) is 1.13. The maximum atomic E-state index is 11.8. The predicted molar refractivity (Wildman–Crippen MR) is 79.7 cm³/mol. The molecule has 0 heterocycles. The highest BCUT2D eigenvalue weighted by atomic mass is 16.6. The molecule has 0 aliphatic carbocycles. The molecular formula is C15H16N2O5. The average molecular weight is 304 g/mol. The van der Waals surface area contributed by atoms with Crippen LogP contribution in [0.3, 0.4) is 0 Å². The van der Waals surface area contributed by atoms with E-state index >= 15 is 0 Å². The van der Waals surface area contributed by atoms with Crippen molar-refractivity contribution in [2.75, 3.05) is 11.9 Å². The van der Waals surface area contributed by atoms with Gasteiger partial charge in [-0.05, 0) is 31.5 Å². The molecule has 0 aliphatic rings. The van der Waals surface area contributed by atoms with Crippen LogP contribution in [0.25, 0.3) is 0 Å². The van der Waals surface area contributed by atoms with Crippen molar-refractivity contribution in [2.24, 2.45) is 4.99 Å². The Morgan fingerprint density at radius 2 is 2.23 bits per heavy atom. The molecule has 7 heteroatoms. The number of anilines is 1. The first kappa shape index (κ1) is 17.1. The number of carbonyl (C=O) groups excluding carboxylic acids is 3. The molecule has 0 bridgehead atoms. The van der Waals surface area contributed by atoms with Gasteiger partial charge in [-0.3, -0.25) is 5.32 Å². The Morgan fingerprint density at radius 3 is 2.86 bits per heavy atom. The monoisotopic (exact) mass is 304 g/mol. The number of nitrogens with one attached hydrogen (secondary N) is 1. The topological polar surface area (TPSA) is 94.1 Å². The lowest BCUT2D eigenvalue weighted by Crippen LogP contribution is -2.25. The molecule has 0 spiro atoms. The summed E-state index contributed by atoms with van der Waals surface area (Å²) in [5.41, 5.74) is 1.46. The highest BCUT2D eigenvalue weighted by Crippen LogP contribution is 2.25. The number of hydrogen-bond donors (Lipinski definition) is 1. The number of carbonyl (C=O) groups is 2. The number of esters is 1. The summed E-state index contributed by atoms with van der Waals surface area (Å²) in [5.74, 6) is -0.592. The van der Waals surface area contributed by atoms with Crippen LogP contribution in [0, 0.1) is 6.92 Å². The van der Waals surface area contributed by atoms with Crippen LogP contribution in [-0.4, -0.2) is 30.9 Å². The van der Waals surface area contributed by atoms with E-state index in [1.807, 2.05) is 0 Å². The summed E-state index contributed by atoms with van der Waals surface area (Å²) in [5, 5.41) is 2.53. The van der Waals surface area contributed by atoms with Crippen LogP contribution >= 0.6 is 0 Å². The third-order valence-electron chi connectivity index (χ3n) is 2.64. The van der Waals surface area contributed by atoms with E-state index in [-0.39, 0.29) is 6.61 Å². The molecule has 1 rings (SSSR count). The molecule has 1 atom stereocenters. The summed E-state index contributed by atoms with van der Waals surface area (Å²) in [7, 11) is 0. The van der Waals surface area contributed by atoms with Crippen LogP contribution < -0.4 is 5.32 Å². The van der Waals surface area contributed by atoms with Gasteiger partial charge in [-0.15, -0.1) is 0 Å². The van der Waals surface area contributed by atoms with Gasteiger partial charge in [0.2, 0.25) is 6.08 Å². The number of benzene rings is 1. The standard InChI is InChI=1S/C15H16N2O5/c1-4-14(19)21-8-10(2)22-15(20)17-13-7-5-6-12(11(13)3)16-9-18/h4-7,10H,1,8H2,2-3H3,(H,17,20). The van der Waals surface area contributed by atoms with E-state index < -0.39 is 18.2 Å². The minimum absolute atomic E-state index is 0.0767. The van der Waals surface area contributed by atoms with Crippen molar-refractivity contribution in [3.8, 4) is 0 Å². The normalized spacial score (nSPS) is 10.8. The zero-order valence-corrected chi connectivity index (χ0v) is 12.3. The van der Waals surface area contributed by atoms with Gasteiger partial charge in [-0.1, -0.05) is 12.6 Å². The van der Waals surface area contributed by atoms with E-state index in [4.69, 9.17) is 9.47 Å². The fraction of sp³-hybridized carbons (Fsp3) is 0.267. The van der Waals surface area contributed by atoms with Crippen LogP contribution in [0.4, 0.5) is 16.2 Å². The minimum Gasteiger partial charge on any atom is -0.459 e. The lowest BCUT2D eigenvalue weighted by Gasteiger charge is -2.14. The van der Waals surface area contributed by atoms with Gasteiger partial charge >= 0.3 is 12.1 Å². The molecule has 1 amide bonds. The Kier molecular flexibility index (Phi) is 6.53. The van der Waals surface area contributed by atoms with E-state index in [2.05, 4.69) is 16.9 Å². The second kappa shape index (κ2) is 8.39. The van der Waals surface area contributed by atoms with Crippen molar-refractivity contribution >= 4 is 29.5 Å². The van der Waals surface area contributed by atoms with Crippen molar-refractivity contribution < 1.29 is 23.9 Å². The Balaban J connectivity index is 2.62. The fourth-order valence-corrected chi connectivity index (χ4v) is 1.54. The zero-order chi connectivity index (χ0) is 16.5. The Hall–Kier alpha value is -2.92. The lowest BCUT2D eigenvalue weighted by molar-refractivity contribution is -0.140. The zero-order valence-electron chi connectivity index (χ0n) is 12.3. The molecule has 22 heavy (non-hydrogen) atoms. The SMILES string of the molecule is C=CC(=O)OCC(C)OC(=O)Nc1cccc(N=C=O)c1C. The number of isocyanates is 1. The van der Waals surface area contributed by atoms with Crippen molar-refractivity contribution in [2.45, 2.75) is 20.0 Å². The molecule has 0 aliphatic heterocycles. The first-order valence-electron chi connectivity index (χ1n) is 6.42. The number of hydrogen-bond acceptors (Lipinski definition) is 6. The number of ether oxygens (including phenoxy) is 2. The van der Waals surface area contributed by atoms with Gasteiger partial charge in [-0.25, -0.2) is 14.4 Å². The maximum absolute atomic E-state index is 11.8. The van der Waals surface area contributed by atoms with E-state index in [0.29, 0.717) is 16.9 Å². The molecule has 7 nitrogen and oxygen atoms in total. The van der Waals surface area contributed by atoms with Crippen LogP contribution in [0.15, 0.2) is 35.8 Å². The lowest BCUT2D eigenvalue weighted by atomic mass is 10.1.